The van der Waals surface area contributed by atoms with Crippen LogP contribution in [-0.4, -0.2) is 40.9 Å². The molecule has 1 aromatic heterocycles. The van der Waals surface area contributed by atoms with Crippen LogP contribution in [0.25, 0.3) is 0 Å². The summed E-state index contributed by atoms with van der Waals surface area (Å²) in [7, 11) is 4.02. The molecule has 1 saturated heterocycles. The molecule has 0 bridgehead atoms. The monoisotopic (exact) mass is 222 g/mol. The topological polar surface area (TPSA) is 33.1 Å². The number of nitrogens with one attached hydrogen (secondary N) is 1. The number of piperidine rings is 1. The smallest absolute Gasteiger partial charge is 0.0534 e. The Morgan fingerprint density at radius 3 is 3.06 bits per heavy atom. The summed E-state index contributed by atoms with van der Waals surface area (Å²) in [4.78, 5) is 2.58. The average molecular weight is 222 g/mol. The normalized spacial score (nSPS) is 22.5. The van der Waals surface area contributed by atoms with E-state index in [2.05, 4.69) is 21.5 Å². The maximum absolute atomic E-state index is 4.23. The molecule has 0 radical (unpaired) electrons. The van der Waals surface area contributed by atoms with Crippen molar-refractivity contribution in [1.82, 2.24) is 20.0 Å². The molecular weight excluding hydrogens is 200 g/mol. The Morgan fingerprint density at radius 1 is 1.50 bits per heavy atom. The number of likely N-dealkylation sites (N-methyl/N-ethyl adjacent to an activating group) is 1. The van der Waals surface area contributed by atoms with Crippen molar-refractivity contribution in [3.63, 3.8) is 0 Å². The number of hydrogen-bond donors (Lipinski definition) is 1. The van der Waals surface area contributed by atoms with E-state index in [0.29, 0.717) is 6.04 Å². The first-order valence-electron chi connectivity index (χ1n) is 6.16. The van der Waals surface area contributed by atoms with Crippen LogP contribution >= 0.6 is 0 Å². The van der Waals surface area contributed by atoms with Gasteiger partial charge in [-0.1, -0.05) is 6.42 Å². The van der Waals surface area contributed by atoms with Gasteiger partial charge in [0.2, 0.25) is 0 Å². The third-order valence-corrected chi connectivity index (χ3v) is 3.33. The number of hydrogen-bond acceptors (Lipinski definition) is 3. The van der Waals surface area contributed by atoms with E-state index in [4.69, 9.17) is 0 Å². The molecule has 0 aromatic carbocycles. The first-order chi connectivity index (χ1) is 7.79. The van der Waals surface area contributed by atoms with Crippen molar-refractivity contribution in [2.45, 2.75) is 31.8 Å². The number of aryl methyl sites for hydroxylation is 1. The minimum atomic E-state index is 0.693. The van der Waals surface area contributed by atoms with Crippen LogP contribution in [-0.2, 0) is 13.6 Å². The molecule has 0 spiro atoms. The summed E-state index contributed by atoms with van der Waals surface area (Å²) in [5.41, 5.74) is 1.32. The van der Waals surface area contributed by atoms with Gasteiger partial charge in [-0.25, -0.2) is 0 Å². The Labute approximate surface area is 97.6 Å². The van der Waals surface area contributed by atoms with Crippen LogP contribution in [0, 0.1) is 0 Å². The minimum absolute atomic E-state index is 0.693. The summed E-state index contributed by atoms with van der Waals surface area (Å²) in [6.45, 7) is 3.36. The van der Waals surface area contributed by atoms with Crippen LogP contribution in [0.5, 0.6) is 0 Å². The highest BCUT2D eigenvalue weighted by Crippen LogP contribution is 2.18. The minimum Gasteiger partial charge on any atom is -0.318 e. The Hall–Kier alpha value is -0.870. The second-order valence-electron chi connectivity index (χ2n) is 4.70. The van der Waals surface area contributed by atoms with Gasteiger partial charge < -0.3 is 5.32 Å². The average Bonchev–Trinajstić information content (AvgIpc) is 2.67. The van der Waals surface area contributed by atoms with Gasteiger partial charge in [-0.2, -0.15) is 5.10 Å². The van der Waals surface area contributed by atoms with Gasteiger partial charge in [0.1, 0.15) is 0 Å². The highest BCUT2D eigenvalue weighted by Gasteiger charge is 2.21. The van der Waals surface area contributed by atoms with Gasteiger partial charge in [0.05, 0.1) is 6.20 Å². The van der Waals surface area contributed by atoms with Gasteiger partial charge in [-0.3, -0.25) is 9.58 Å². The highest BCUT2D eigenvalue weighted by atomic mass is 15.2. The predicted molar refractivity (Wildman–Crippen MR) is 65.2 cm³/mol. The Balaban J connectivity index is 1.95. The van der Waals surface area contributed by atoms with Crippen molar-refractivity contribution < 1.29 is 0 Å². The van der Waals surface area contributed by atoms with Crippen molar-refractivity contribution in [2.24, 2.45) is 7.05 Å². The van der Waals surface area contributed by atoms with E-state index in [9.17, 15) is 0 Å². The lowest BCUT2D eigenvalue weighted by Gasteiger charge is -2.35. The zero-order chi connectivity index (χ0) is 11.4. The van der Waals surface area contributed by atoms with Crippen LogP contribution in [0.1, 0.15) is 24.8 Å². The molecule has 1 N–H and O–H groups in total. The molecule has 1 atom stereocenters. The highest BCUT2D eigenvalue weighted by molar-refractivity contribution is 5.04. The lowest BCUT2D eigenvalue weighted by molar-refractivity contribution is 0.139. The molecule has 1 aromatic rings. The van der Waals surface area contributed by atoms with Crippen LogP contribution in [0.4, 0.5) is 0 Å². The van der Waals surface area contributed by atoms with E-state index < -0.39 is 0 Å². The zero-order valence-electron chi connectivity index (χ0n) is 10.3. The molecule has 16 heavy (non-hydrogen) atoms. The maximum Gasteiger partial charge on any atom is 0.0534 e. The van der Waals surface area contributed by atoms with E-state index in [1.54, 1.807) is 0 Å². The molecule has 1 unspecified atom stereocenters. The molecule has 0 amide bonds. The van der Waals surface area contributed by atoms with Crippen LogP contribution in [0.2, 0.25) is 0 Å². The fourth-order valence-corrected chi connectivity index (χ4v) is 2.52. The first-order valence-corrected chi connectivity index (χ1v) is 6.16. The summed E-state index contributed by atoms with van der Waals surface area (Å²) >= 11 is 0. The number of likely N-dealkylation sites (tertiary alicyclic amines) is 1. The molecule has 1 aliphatic rings. The second kappa shape index (κ2) is 5.46. The molecule has 4 nitrogen and oxygen atoms in total. The molecule has 0 saturated carbocycles. The van der Waals surface area contributed by atoms with Crippen LogP contribution in [0.3, 0.4) is 0 Å². The van der Waals surface area contributed by atoms with Gasteiger partial charge in [-0.15, -0.1) is 0 Å². The Kier molecular flexibility index (Phi) is 3.96. The molecule has 1 aliphatic heterocycles. The van der Waals surface area contributed by atoms with Crippen molar-refractivity contribution in [3.05, 3.63) is 18.0 Å². The SMILES string of the molecule is CNCC1CCCCN1Cc1cnn(C)c1. The summed E-state index contributed by atoms with van der Waals surface area (Å²) < 4.78 is 1.88. The standard InChI is InChI=1S/C12H22N4/c1-13-8-12-5-3-4-6-16(12)10-11-7-14-15(2)9-11/h7,9,12-13H,3-6,8,10H2,1-2H3. The van der Waals surface area contributed by atoms with Gasteiger partial charge >= 0.3 is 0 Å². The molecule has 0 aliphatic carbocycles. The van der Waals surface area contributed by atoms with Crippen molar-refractivity contribution in [2.75, 3.05) is 20.1 Å². The van der Waals surface area contributed by atoms with Crippen molar-refractivity contribution >= 4 is 0 Å². The van der Waals surface area contributed by atoms with Gasteiger partial charge in [0.15, 0.2) is 0 Å². The fraction of sp³-hybridized carbons (Fsp3) is 0.750. The number of nitrogens with zero attached hydrogens (tertiary/aromatic N) is 3. The number of rotatable bonds is 4. The second-order valence-corrected chi connectivity index (χ2v) is 4.70. The Bertz CT molecular complexity index is 319. The summed E-state index contributed by atoms with van der Waals surface area (Å²) in [5.74, 6) is 0. The number of aromatic nitrogens is 2. The fourth-order valence-electron chi connectivity index (χ4n) is 2.52. The van der Waals surface area contributed by atoms with E-state index in [1.165, 1.54) is 31.4 Å². The molecule has 2 rings (SSSR count). The molecule has 4 heteroatoms. The van der Waals surface area contributed by atoms with E-state index in [0.717, 1.165) is 13.1 Å². The van der Waals surface area contributed by atoms with Crippen molar-refractivity contribution in [3.8, 4) is 0 Å². The van der Waals surface area contributed by atoms with E-state index >= 15 is 0 Å². The zero-order valence-corrected chi connectivity index (χ0v) is 10.3. The van der Waals surface area contributed by atoms with Crippen LogP contribution in [0.15, 0.2) is 12.4 Å². The third-order valence-electron chi connectivity index (χ3n) is 3.33. The van der Waals surface area contributed by atoms with Crippen LogP contribution < -0.4 is 5.32 Å². The van der Waals surface area contributed by atoms with Gasteiger partial charge in [0.25, 0.3) is 0 Å². The van der Waals surface area contributed by atoms with Crippen molar-refractivity contribution in [1.29, 1.82) is 0 Å². The maximum atomic E-state index is 4.23. The quantitative estimate of drug-likeness (QED) is 0.825. The predicted octanol–water partition coefficient (Wildman–Crippen LogP) is 0.994. The van der Waals surface area contributed by atoms with Gasteiger partial charge in [0, 0.05) is 37.9 Å². The summed E-state index contributed by atoms with van der Waals surface area (Å²) in [5, 5.41) is 7.52. The summed E-state index contributed by atoms with van der Waals surface area (Å²) in [6, 6.07) is 0.693. The summed E-state index contributed by atoms with van der Waals surface area (Å²) in [6.07, 6.45) is 8.12. The Morgan fingerprint density at radius 2 is 2.38 bits per heavy atom. The molecule has 2 heterocycles. The van der Waals surface area contributed by atoms with E-state index in [1.807, 2.05) is 25.0 Å². The third kappa shape index (κ3) is 2.83. The lowest BCUT2D eigenvalue weighted by Crippen LogP contribution is -2.44. The van der Waals surface area contributed by atoms with Gasteiger partial charge in [-0.05, 0) is 26.4 Å². The first kappa shape index (κ1) is 11.6. The lowest BCUT2D eigenvalue weighted by atomic mass is 10.0. The molecular formula is C12H22N4. The molecule has 1 fully saturated rings. The molecule has 90 valence electrons. The van der Waals surface area contributed by atoms with E-state index in [-0.39, 0.29) is 0 Å². The largest absolute Gasteiger partial charge is 0.318 e.